The minimum atomic E-state index is 0.127. The number of aromatic nitrogens is 3. The first-order valence-corrected chi connectivity index (χ1v) is 7.99. The van der Waals surface area contributed by atoms with Crippen LogP contribution in [0.5, 0.6) is 0 Å². The molecule has 0 aliphatic heterocycles. The third-order valence-electron chi connectivity index (χ3n) is 3.28. The fraction of sp³-hybridized carbons (Fsp3) is 0.533. The van der Waals surface area contributed by atoms with Gasteiger partial charge in [0.25, 0.3) is 0 Å². The van der Waals surface area contributed by atoms with Gasteiger partial charge in [0.2, 0.25) is 0 Å². The van der Waals surface area contributed by atoms with Crippen LogP contribution in [0.25, 0.3) is 0 Å². The van der Waals surface area contributed by atoms with Crippen LogP contribution in [0.1, 0.15) is 54.0 Å². The van der Waals surface area contributed by atoms with E-state index in [0.29, 0.717) is 0 Å². The van der Waals surface area contributed by atoms with E-state index in [0.717, 1.165) is 28.0 Å². The Morgan fingerprint density at radius 1 is 1.10 bits per heavy atom. The Labute approximate surface area is 130 Å². The Hall–Kier alpha value is -1.69. The van der Waals surface area contributed by atoms with E-state index in [1.165, 1.54) is 4.88 Å². The maximum absolute atomic E-state index is 4.67. The summed E-state index contributed by atoms with van der Waals surface area (Å²) in [5, 5.41) is 7.68. The third-order valence-corrected chi connectivity index (χ3v) is 4.37. The van der Waals surface area contributed by atoms with Crippen molar-refractivity contribution >= 4 is 23.0 Å². The van der Waals surface area contributed by atoms with Gasteiger partial charge in [-0.1, -0.05) is 13.8 Å². The Bertz CT molecular complexity index is 621. The van der Waals surface area contributed by atoms with Gasteiger partial charge >= 0.3 is 0 Å². The second kappa shape index (κ2) is 6.39. The van der Waals surface area contributed by atoms with Crippen molar-refractivity contribution in [1.29, 1.82) is 0 Å². The second-order valence-electron chi connectivity index (χ2n) is 5.48. The van der Waals surface area contributed by atoms with E-state index in [4.69, 9.17) is 0 Å². The fourth-order valence-electron chi connectivity index (χ4n) is 2.02. The van der Waals surface area contributed by atoms with Gasteiger partial charge in [-0.25, -0.2) is 15.0 Å². The molecule has 2 N–H and O–H groups in total. The first kappa shape index (κ1) is 15.7. The lowest BCUT2D eigenvalue weighted by Gasteiger charge is -2.18. The predicted molar refractivity (Wildman–Crippen MR) is 89.3 cm³/mol. The molecule has 2 aromatic heterocycles. The number of thiazole rings is 1. The second-order valence-corrected chi connectivity index (χ2v) is 6.75. The molecule has 1 unspecified atom stereocenters. The first-order chi connectivity index (χ1) is 9.92. The van der Waals surface area contributed by atoms with Crippen molar-refractivity contribution in [2.45, 2.75) is 46.6 Å². The molecule has 0 fully saturated rings. The van der Waals surface area contributed by atoms with Gasteiger partial charge in [0, 0.05) is 29.6 Å². The van der Waals surface area contributed by atoms with Crippen LogP contribution in [0, 0.1) is 13.8 Å². The van der Waals surface area contributed by atoms with Gasteiger partial charge in [-0.3, -0.25) is 0 Å². The molecule has 0 aliphatic rings. The van der Waals surface area contributed by atoms with Crippen molar-refractivity contribution in [3.8, 4) is 0 Å². The molecule has 2 aromatic rings. The maximum atomic E-state index is 4.67. The van der Waals surface area contributed by atoms with Crippen LogP contribution in [0.2, 0.25) is 0 Å². The summed E-state index contributed by atoms with van der Waals surface area (Å²) in [5.74, 6) is 2.88. The van der Waals surface area contributed by atoms with E-state index in [9.17, 15) is 0 Å². The van der Waals surface area contributed by atoms with Gasteiger partial charge in [0.15, 0.2) is 0 Å². The summed E-state index contributed by atoms with van der Waals surface area (Å²) in [6.45, 7) is 10.4. The molecule has 0 saturated heterocycles. The molecule has 0 bridgehead atoms. The number of hydrogen-bond donors (Lipinski definition) is 2. The molecule has 21 heavy (non-hydrogen) atoms. The highest BCUT2D eigenvalue weighted by molar-refractivity contribution is 7.11. The largest absolute Gasteiger partial charge is 0.373 e. The van der Waals surface area contributed by atoms with Gasteiger partial charge in [0.05, 0.1) is 6.04 Å². The molecular weight excluding hydrogens is 282 g/mol. The van der Waals surface area contributed by atoms with Gasteiger partial charge < -0.3 is 10.6 Å². The number of hydrogen-bond acceptors (Lipinski definition) is 6. The zero-order valence-electron chi connectivity index (χ0n) is 13.5. The van der Waals surface area contributed by atoms with Gasteiger partial charge in [-0.15, -0.1) is 11.3 Å². The van der Waals surface area contributed by atoms with Crippen molar-refractivity contribution in [2.75, 3.05) is 17.7 Å². The maximum Gasteiger partial charge on any atom is 0.135 e. The Morgan fingerprint density at radius 3 is 2.29 bits per heavy atom. The van der Waals surface area contributed by atoms with E-state index < -0.39 is 0 Å². The highest BCUT2D eigenvalue weighted by Crippen LogP contribution is 2.27. The van der Waals surface area contributed by atoms with Gasteiger partial charge in [-0.05, 0) is 20.8 Å². The zero-order valence-corrected chi connectivity index (χ0v) is 14.3. The predicted octanol–water partition coefficient (Wildman–Crippen LogP) is 3.89. The van der Waals surface area contributed by atoms with Crippen LogP contribution in [0.15, 0.2) is 6.20 Å². The summed E-state index contributed by atoms with van der Waals surface area (Å²) in [6, 6.07) is 0.127. The van der Waals surface area contributed by atoms with E-state index in [1.54, 1.807) is 11.3 Å². The molecular formula is C15H23N5S. The topological polar surface area (TPSA) is 62.7 Å². The lowest BCUT2D eigenvalue weighted by molar-refractivity contribution is 0.766. The van der Waals surface area contributed by atoms with Crippen molar-refractivity contribution in [3.63, 3.8) is 0 Å². The standard InChI is InChI=1S/C15H23N5S/c1-8(2)12-19-13(16-6)10(4)14(20-12)18-11(5)15-17-7-9(3)21-15/h7-8,11H,1-6H3,(H2,16,18,19,20). The summed E-state index contributed by atoms with van der Waals surface area (Å²) in [7, 11) is 1.89. The number of nitrogens with one attached hydrogen (secondary N) is 2. The van der Waals surface area contributed by atoms with Crippen molar-refractivity contribution in [3.05, 3.63) is 27.5 Å². The quantitative estimate of drug-likeness (QED) is 0.877. The van der Waals surface area contributed by atoms with Crippen LogP contribution in [-0.2, 0) is 0 Å². The van der Waals surface area contributed by atoms with Crippen LogP contribution in [-0.4, -0.2) is 22.0 Å². The van der Waals surface area contributed by atoms with Crippen LogP contribution in [0.4, 0.5) is 11.6 Å². The first-order valence-electron chi connectivity index (χ1n) is 7.17. The SMILES string of the molecule is CNc1nc(C(C)C)nc(NC(C)c2ncc(C)s2)c1C. The number of aryl methyl sites for hydroxylation is 1. The molecule has 114 valence electrons. The zero-order chi connectivity index (χ0) is 15.6. The third kappa shape index (κ3) is 3.50. The Morgan fingerprint density at radius 2 is 1.76 bits per heavy atom. The lowest BCUT2D eigenvalue weighted by atomic mass is 10.2. The van der Waals surface area contributed by atoms with E-state index in [-0.39, 0.29) is 12.0 Å². The molecule has 0 radical (unpaired) electrons. The summed E-state index contributed by atoms with van der Waals surface area (Å²) in [4.78, 5) is 14.9. The monoisotopic (exact) mass is 305 g/mol. The summed E-state index contributed by atoms with van der Waals surface area (Å²) < 4.78 is 0. The molecule has 6 heteroatoms. The van der Waals surface area contributed by atoms with Crippen LogP contribution >= 0.6 is 11.3 Å². The summed E-state index contributed by atoms with van der Waals surface area (Å²) in [5.41, 5.74) is 1.03. The van der Waals surface area contributed by atoms with Crippen molar-refractivity contribution in [1.82, 2.24) is 15.0 Å². The number of rotatable bonds is 5. The summed E-state index contributed by atoms with van der Waals surface area (Å²) in [6.07, 6.45) is 1.91. The van der Waals surface area contributed by atoms with Crippen molar-refractivity contribution < 1.29 is 0 Å². The highest BCUT2D eigenvalue weighted by atomic mass is 32.1. The number of anilines is 2. The van der Waals surface area contributed by atoms with Gasteiger partial charge in [0.1, 0.15) is 22.5 Å². The fourth-order valence-corrected chi connectivity index (χ4v) is 2.79. The smallest absolute Gasteiger partial charge is 0.135 e. The molecule has 0 aliphatic carbocycles. The highest BCUT2D eigenvalue weighted by Gasteiger charge is 2.16. The molecule has 2 rings (SSSR count). The Kier molecular flexibility index (Phi) is 4.77. The average molecular weight is 305 g/mol. The molecule has 1 atom stereocenters. The molecule has 0 amide bonds. The Balaban J connectivity index is 2.32. The molecule has 2 heterocycles. The normalized spacial score (nSPS) is 12.5. The average Bonchev–Trinajstić information content (AvgIpc) is 2.87. The molecule has 0 spiro atoms. The van der Waals surface area contributed by atoms with Gasteiger partial charge in [-0.2, -0.15) is 0 Å². The minimum absolute atomic E-state index is 0.127. The van der Waals surface area contributed by atoms with E-state index >= 15 is 0 Å². The molecule has 5 nitrogen and oxygen atoms in total. The molecule has 0 aromatic carbocycles. The summed E-state index contributed by atoms with van der Waals surface area (Å²) >= 11 is 1.71. The molecule has 0 saturated carbocycles. The van der Waals surface area contributed by atoms with E-state index in [2.05, 4.69) is 53.3 Å². The minimum Gasteiger partial charge on any atom is -0.373 e. The number of nitrogens with zero attached hydrogens (tertiary/aromatic N) is 3. The van der Waals surface area contributed by atoms with E-state index in [1.807, 2.05) is 20.2 Å². The lowest BCUT2D eigenvalue weighted by Crippen LogP contribution is -2.13. The van der Waals surface area contributed by atoms with Crippen molar-refractivity contribution in [2.24, 2.45) is 0 Å². The van der Waals surface area contributed by atoms with Crippen LogP contribution < -0.4 is 10.6 Å². The van der Waals surface area contributed by atoms with Crippen LogP contribution in [0.3, 0.4) is 0 Å².